The first-order valence-corrected chi connectivity index (χ1v) is 8.29. The number of thioether (sulfide) groups is 1. The molecule has 1 amide bonds. The monoisotopic (exact) mass is 326 g/mol. The summed E-state index contributed by atoms with van der Waals surface area (Å²) in [5.41, 5.74) is 9.78. The van der Waals surface area contributed by atoms with E-state index >= 15 is 0 Å². The molecule has 23 heavy (non-hydrogen) atoms. The SMILES string of the molecule is CNCc1ccc(CSc2nc3c(C(N)=O)cccc3[nH]2)cc1. The first-order valence-electron chi connectivity index (χ1n) is 7.31. The molecule has 4 N–H and O–H groups in total. The van der Waals surface area contributed by atoms with Gasteiger partial charge in [0.25, 0.3) is 5.91 Å². The van der Waals surface area contributed by atoms with Gasteiger partial charge in [-0.1, -0.05) is 42.1 Å². The van der Waals surface area contributed by atoms with Crippen molar-refractivity contribution in [3.05, 3.63) is 59.2 Å². The Morgan fingerprint density at radius 2 is 1.96 bits per heavy atom. The van der Waals surface area contributed by atoms with Gasteiger partial charge in [-0.15, -0.1) is 0 Å². The van der Waals surface area contributed by atoms with E-state index in [9.17, 15) is 4.79 Å². The molecule has 1 aromatic heterocycles. The van der Waals surface area contributed by atoms with Crippen molar-refractivity contribution in [2.24, 2.45) is 5.73 Å². The maximum absolute atomic E-state index is 11.4. The van der Waals surface area contributed by atoms with E-state index in [0.717, 1.165) is 23.0 Å². The lowest BCUT2D eigenvalue weighted by Crippen LogP contribution is -2.11. The van der Waals surface area contributed by atoms with Crippen molar-refractivity contribution >= 4 is 28.7 Å². The van der Waals surface area contributed by atoms with Gasteiger partial charge in [0, 0.05) is 12.3 Å². The molecular formula is C17H18N4OS. The van der Waals surface area contributed by atoms with E-state index < -0.39 is 5.91 Å². The van der Waals surface area contributed by atoms with Crippen LogP contribution in [0.4, 0.5) is 0 Å². The second-order valence-electron chi connectivity index (χ2n) is 5.24. The number of nitrogens with zero attached hydrogens (tertiary/aromatic N) is 1. The number of amides is 1. The molecule has 0 saturated heterocycles. The van der Waals surface area contributed by atoms with E-state index in [2.05, 4.69) is 39.6 Å². The van der Waals surface area contributed by atoms with E-state index in [1.54, 1.807) is 23.9 Å². The Hall–Kier alpha value is -2.31. The summed E-state index contributed by atoms with van der Waals surface area (Å²) >= 11 is 1.60. The highest BCUT2D eigenvalue weighted by Crippen LogP contribution is 2.24. The molecule has 3 aromatic rings. The Bertz CT molecular complexity index is 826. The summed E-state index contributed by atoms with van der Waals surface area (Å²) in [6.45, 7) is 0.868. The van der Waals surface area contributed by atoms with E-state index in [1.807, 2.05) is 13.1 Å². The molecule has 118 valence electrons. The minimum Gasteiger partial charge on any atom is -0.366 e. The normalized spacial score (nSPS) is 11.0. The van der Waals surface area contributed by atoms with Crippen LogP contribution >= 0.6 is 11.8 Å². The second kappa shape index (κ2) is 6.85. The molecule has 3 rings (SSSR count). The number of imidazole rings is 1. The van der Waals surface area contributed by atoms with Crippen LogP contribution < -0.4 is 11.1 Å². The number of benzene rings is 2. The van der Waals surface area contributed by atoms with Crippen molar-refractivity contribution in [1.82, 2.24) is 15.3 Å². The maximum Gasteiger partial charge on any atom is 0.250 e. The van der Waals surface area contributed by atoms with Gasteiger partial charge in [-0.3, -0.25) is 4.79 Å². The molecule has 0 aliphatic carbocycles. The third kappa shape index (κ3) is 3.55. The Morgan fingerprint density at radius 3 is 2.65 bits per heavy atom. The third-order valence-corrected chi connectivity index (χ3v) is 4.48. The molecule has 0 aliphatic rings. The molecule has 0 fully saturated rings. The van der Waals surface area contributed by atoms with Gasteiger partial charge in [-0.05, 0) is 30.3 Å². The second-order valence-corrected chi connectivity index (χ2v) is 6.21. The van der Waals surface area contributed by atoms with Crippen LogP contribution in [-0.4, -0.2) is 22.9 Å². The fraction of sp³-hybridized carbons (Fsp3) is 0.176. The Labute approximate surface area is 138 Å². The summed E-state index contributed by atoms with van der Waals surface area (Å²) in [5, 5.41) is 3.92. The van der Waals surface area contributed by atoms with Crippen molar-refractivity contribution in [1.29, 1.82) is 0 Å². The number of primary amides is 1. The van der Waals surface area contributed by atoms with Gasteiger partial charge in [0.05, 0.1) is 11.1 Å². The summed E-state index contributed by atoms with van der Waals surface area (Å²) in [6, 6.07) is 13.9. The molecule has 1 heterocycles. The minimum absolute atomic E-state index is 0.446. The highest BCUT2D eigenvalue weighted by atomic mass is 32.2. The Kier molecular flexibility index (Phi) is 4.64. The average Bonchev–Trinajstić information content (AvgIpc) is 2.97. The first-order chi connectivity index (χ1) is 11.2. The van der Waals surface area contributed by atoms with Gasteiger partial charge < -0.3 is 16.0 Å². The van der Waals surface area contributed by atoms with Crippen molar-refractivity contribution in [2.75, 3.05) is 7.05 Å². The molecule has 0 atom stereocenters. The number of carbonyl (C=O) groups is 1. The molecule has 5 nitrogen and oxygen atoms in total. The van der Waals surface area contributed by atoms with Gasteiger partial charge in [0.2, 0.25) is 0 Å². The number of hydrogen-bond donors (Lipinski definition) is 3. The topological polar surface area (TPSA) is 83.8 Å². The molecular weight excluding hydrogens is 308 g/mol. The summed E-state index contributed by atoms with van der Waals surface area (Å²) < 4.78 is 0. The summed E-state index contributed by atoms with van der Waals surface area (Å²) in [7, 11) is 1.94. The van der Waals surface area contributed by atoms with Crippen LogP contribution in [0.25, 0.3) is 11.0 Å². The number of H-pyrrole nitrogens is 1. The molecule has 0 spiro atoms. The number of carbonyl (C=O) groups excluding carboxylic acids is 1. The van der Waals surface area contributed by atoms with Crippen LogP contribution in [0, 0.1) is 0 Å². The molecule has 0 bridgehead atoms. The van der Waals surface area contributed by atoms with Gasteiger partial charge >= 0.3 is 0 Å². The highest BCUT2D eigenvalue weighted by Gasteiger charge is 2.11. The lowest BCUT2D eigenvalue weighted by Gasteiger charge is -2.02. The number of aromatic amines is 1. The molecule has 0 unspecified atom stereocenters. The van der Waals surface area contributed by atoms with Crippen LogP contribution in [-0.2, 0) is 12.3 Å². The summed E-state index contributed by atoms with van der Waals surface area (Å²) in [4.78, 5) is 19.2. The number of nitrogens with two attached hydrogens (primary N) is 1. The van der Waals surface area contributed by atoms with Crippen LogP contribution in [0.2, 0.25) is 0 Å². The highest BCUT2D eigenvalue weighted by molar-refractivity contribution is 7.98. The number of hydrogen-bond acceptors (Lipinski definition) is 4. The molecule has 0 saturated carbocycles. The Balaban J connectivity index is 1.74. The van der Waals surface area contributed by atoms with Crippen LogP contribution in [0.3, 0.4) is 0 Å². The molecule has 0 aliphatic heterocycles. The van der Waals surface area contributed by atoms with Crippen molar-refractivity contribution in [2.45, 2.75) is 17.5 Å². The quantitative estimate of drug-likeness (QED) is 0.608. The molecule has 0 radical (unpaired) electrons. The maximum atomic E-state index is 11.4. The summed E-state index contributed by atoms with van der Waals surface area (Å²) in [5.74, 6) is 0.352. The largest absolute Gasteiger partial charge is 0.366 e. The van der Waals surface area contributed by atoms with Gasteiger partial charge in [-0.2, -0.15) is 0 Å². The number of rotatable bonds is 6. The standard InChI is InChI=1S/C17H18N4OS/c1-19-9-11-5-7-12(8-6-11)10-23-17-20-14-4-2-3-13(16(18)22)15(14)21-17/h2-8,19H,9-10H2,1H3,(H2,18,22)(H,20,21). The van der Waals surface area contributed by atoms with Crippen molar-refractivity contribution in [3.63, 3.8) is 0 Å². The summed E-state index contributed by atoms with van der Waals surface area (Å²) in [6.07, 6.45) is 0. The van der Waals surface area contributed by atoms with Crippen LogP contribution in [0.1, 0.15) is 21.5 Å². The van der Waals surface area contributed by atoms with Gasteiger partial charge in [0.1, 0.15) is 5.52 Å². The van der Waals surface area contributed by atoms with E-state index in [-0.39, 0.29) is 0 Å². The van der Waals surface area contributed by atoms with E-state index in [1.165, 1.54) is 11.1 Å². The molecule has 2 aromatic carbocycles. The van der Waals surface area contributed by atoms with Gasteiger partial charge in [0.15, 0.2) is 5.16 Å². The van der Waals surface area contributed by atoms with E-state index in [0.29, 0.717) is 11.1 Å². The zero-order valence-corrected chi connectivity index (χ0v) is 13.6. The smallest absolute Gasteiger partial charge is 0.250 e. The van der Waals surface area contributed by atoms with Crippen LogP contribution in [0.5, 0.6) is 0 Å². The van der Waals surface area contributed by atoms with Crippen LogP contribution in [0.15, 0.2) is 47.6 Å². The minimum atomic E-state index is -0.459. The predicted octanol–water partition coefficient (Wildman–Crippen LogP) is 2.67. The van der Waals surface area contributed by atoms with Crippen molar-refractivity contribution < 1.29 is 4.79 Å². The Morgan fingerprint density at radius 1 is 1.22 bits per heavy atom. The first kappa shape index (κ1) is 15.6. The number of fused-ring (bicyclic) bond motifs is 1. The number of nitrogens with one attached hydrogen (secondary N) is 2. The molecule has 6 heteroatoms. The number of aromatic nitrogens is 2. The zero-order chi connectivity index (χ0) is 16.2. The van der Waals surface area contributed by atoms with Gasteiger partial charge in [-0.25, -0.2) is 4.98 Å². The van der Waals surface area contributed by atoms with E-state index in [4.69, 9.17) is 5.73 Å². The lowest BCUT2D eigenvalue weighted by molar-refractivity contribution is 0.100. The fourth-order valence-corrected chi connectivity index (χ4v) is 3.22. The fourth-order valence-electron chi connectivity index (χ4n) is 2.39. The van der Waals surface area contributed by atoms with Crippen molar-refractivity contribution in [3.8, 4) is 0 Å². The third-order valence-electron chi connectivity index (χ3n) is 3.54. The number of para-hydroxylation sites is 1. The zero-order valence-electron chi connectivity index (χ0n) is 12.8. The average molecular weight is 326 g/mol. The lowest BCUT2D eigenvalue weighted by atomic mass is 10.1. The predicted molar refractivity (Wildman–Crippen MR) is 93.4 cm³/mol.